The van der Waals surface area contributed by atoms with Gasteiger partial charge in [0.1, 0.15) is 0 Å². The molecule has 0 aliphatic rings. The molecule has 2 rings (SSSR count). The Morgan fingerprint density at radius 1 is 1.06 bits per heavy atom. The first-order chi connectivity index (χ1) is 8.29. The van der Waals surface area contributed by atoms with Crippen molar-refractivity contribution < 1.29 is 0 Å². The van der Waals surface area contributed by atoms with E-state index in [1.165, 1.54) is 16.8 Å². The molecule has 0 radical (unpaired) electrons. The van der Waals surface area contributed by atoms with Crippen LogP contribution in [0.15, 0.2) is 48.5 Å². The van der Waals surface area contributed by atoms with E-state index in [-0.39, 0.29) is 0 Å². The lowest BCUT2D eigenvalue weighted by atomic mass is 10.1. The molecular formula is C15H18N2. The number of hydrogen-bond acceptors (Lipinski definition) is 2. The van der Waals surface area contributed by atoms with E-state index in [1.807, 2.05) is 18.2 Å². The molecule has 0 heterocycles. The minimum absolute atomic E-state index is 0.808. The maximum atomic E-state index is 5.76. The van der Waals surface area contributed by atoms with E-state index in [0.29, 0.717) is 0 Å². The fraction of sp³-hybridized carbons (Fsp3) is 0.200. The summed E-state index contributed by atoms with van der Waals surface area (Å²) in [4.78, 5) is 0. The second-order valence-corrected chi connectivity index (χ2v) is 4.11. The summed E-state index contributed by atoms with van der Waals surface area (Å²) in [5.41, 5.74) is 10.3. The summed E-state index contributed by atoms with van der Waals surface area (Å²) in [6, 6.07) is 16.4. The third kappa shape index (κ3) is 3.00. The van der Waals surface area contributed by atoms with Crippen molar-refractivity contribution in [3.8, 4) is 0 Å². The van der Waals surface area contributed by atoms with Gasteiger partial charge >= 0.3 is 0 Å². The van der Waals surface area contributed by atoms with Gasteiger partial charge in [0.25, 0.3) is 0 Å². The van der Waals surface area contributed by atoms with Gasteiger partial charge in [0.2, 0.25) is 0 Å². The molecule has 2 aromatic carbocycles. The average molecular weight is 226 g/mol. The molecule has 88 valence electrons. The summed E-state index contributed by atoms with van der Waals surface area (Å²) in [5, 5.41) is 3.45. The highest BCUT2D eigenvalue weighted by Crippen LogP contribution is 2.17. The van der Waals surface area contributed by atoms with Gasteiger partial charge in [0.05, 0.1) is 0 Å². The monoisotopic (exact) mass is 226 g/mol. The summed E-state index contributed by atoms with van der Waals surface area (Å²) >= 11 is 0. The van der Waals surface area contributed by atoms with E-state index < -0.39 is 0 Å². The van der Waals surface area contributed by atoms with Gasteiger partial charge in [-0.3, -0.25) is 0 Å². The Labute approximate surface area is 102 Å². The van der Waals surface area contributed by atoms with Crippen LogP contribution < -0.4 is 11.1 Å². The molecular weight excluding hydrogens is 208 g/mol. The number of nitrogen functional groups attached to an aromatic ring is 1. The second-order valence-electron chi connectivity index (χ2n) is 4.11. The van der Waals surface area contributed by atoms with Crippen LogP contribution in [0, 0.1) is 0 Å². The lowest BCUT2D eigenvalue weighted by Gasteiger charge is -2.11. The molecule has 0 bridgehead atoms. The third-order valence-corrected chi connectivity index (χ3v) is 2.83. The number of nitrogens with two attached hydrogens (primary N) is 1. The van der Waals surface area contributed by atoms with E-state index in [0.717, 1.165) is 18.7 Å². The van der Waals surface area contributed by atoms with E-state index in [4.69, 9.17) is 5.73 Å². The van der Waals surface area contributed by atoms with E-state index in [2.05, 4.69) is 42.6 Å². The molecule has 0 saturated heterocycles. The van der Waals surface area contributed by atoms with Crippen LogP contribution in [0.5, 0.6) is 0 Å². The minimum Gasteiger partial charge on any atom is -0.399 e. The van der Waals surface area contributed by atoms with Crippen molar-refractivity contribution in [2.24, 2.45) is 0 Å². The lowest BCUT2D eigenvalue weighted by Crippen LogP contribution is -2.02. The molecule has 0 aliphatic heterocycles. The summed E-state index contributed by atoms with van der Waals surface area (Å²) in [7, 11) is 0. The van der Waals surface area contributed by atoms with E-state index >= 15 is 0 Å². The van der Waals surface area contributed by atoms with Gasteiger partial charge in [-0.05, 0) is 35.7 Å². The molecule has 0 saturated carbocycles. The molecule has 2 aromatic rings. The van der Waals surface area contributed by atoms with Crippen LogP contribution >= 0.6 is 0 Å². The van der Waals surface area contributed by atoms with Gasteiger partial charge < -0.3 is 11.1 Å². The van der Waals surface area contributed by atoms with Gasteiger partial charge in [-0.1, -0.05) is 37.3 Å². The maximum Gasteiger partial charge on any atom is 0.0401 e. The van der Waals surface area contributed by atoms with Crippen molar-refractivity contribution in [3.05, 3.63) is 59.7 Å². The van der Waals surface area contributed by atoms with Crippen LogP contribution in [0.2, 0.25) is 0 Å². The van der Waals surface area contributed by atoms with Crippen LogP contribution in [-0.4, -0.2) is 0 Å². The number of aryl methyl sites for hydroxylation is 1. The van der Waals surface area contributed by atoms with Crippen molar-refractivity contribution in [2.45, 2.75) is 19.9 Å². The Balaban J connectivity index is 2.07. The molecule has 2 nitrogen and oxygen atoms in total. The molecule has 0 aliphatic carbocycles. The van der Waals surface area contributed by atoms with Crippen molar-refractivity contribution in [2.75, 3.05) is 11.1 Å². The molecule has 0 fully saturated rings. The highest BCUT2D eigenvalue weighted by Gasteiger charge is 1.99. The van der Waals surface area contributed by atoms with Crippen molar-refractivity contribution in [1.82, 2.24) is 0 Å². The fourth-order valence-electron chi connectivity index (χ4n) is 1.90. The molecule has 3 N–H and O–H groups in total. The molecule has 0 unspecified atom stereocenters. The summed E-state index contributed by atoms with van der Waals surface area (Å²) in [5.74, 6) is 0. The smallest absolute Gasteiger partial charge is 0.0401 e. The van der Waals surface area contributed by atoms with Crippen LogP contribution in [0.3, 0.4) is 0 Å². The zero-order valence-corrected chi connectivity index (χ0v) is 10.1. The van der Waals surface area contributed by atoms with Crippen molar-refractivity contribution in [1.29, 1.82) is 0 Å². The average Bonchev–Trinajstić information content (AvgIpc) is 2.37. The molecule has 0 aromatic heterocycles. The van der Waals surface area contributed by atoms with Crippen LogP contribution in [0.25, 0.3) is 0 Å². The third-order valence-electron chi connectivity index (χ3n) is 2.83. The molecule has 2 heteroatoms. The predicted octanol–water partition coefficient (Wildman–Crippen LogP) is 3.44. The molecule has 0 amide bonds. The Bertz CT molecular complexity index is 492. The van der Waals surface area contributed by atoms with Gasteiger partial charge in [0, 0.05) is 17.9 Å². The minimum atomic E-state index is 0.808. The van der Waals surface area contributed by atoms with Gasteiger partial charge in [-0.15, -0.1) is 0 Å². The number of rotatable bonds is 4. The number of benzene rings is 2. The van der Waals surface area contributed by atoms with Crippen molar-refractivity contribution >= 4 is 11.4 Å². The quantitative estimate of drug-likeness (QED) is 0.784. The number of hydrogen-bond donors (Lipinski definition) is 2. The topological polar surface area (TPSA) is 38.0 Å². The zero-order chi connectivity index (χ0) is 12.1. The second kappa shape index (κ2) is 5.39. The first-order valence-corrected chi connectivity index (χ1v) is 5.96. The predicted molar refractivity (Wildman–Crippen MR) is 74.0 cm³/mol. The Hall–Kier alpha value is -1.96. The Morgan fingerprint density at radius 2 is 1.88 bits per heavy atom. The van der Waals surface area contributed by atoms with Crippen LogP contribution in [-0.2, 0) is 13.0 Å². The fourth-order valence-corrected chi connectivity index (χ4v) is 1.90. The first-order valence-electron chi connectivity index (χ1n) is 5.96. The highest BCUT2D eigenvalue weighted by atomic mass is 14.9. The van der Waals surface area contributed by atoms with Crippen molar-refractivity contribution in [3.63, 3.8) is 0 Å². The SMILES string of the molecule is CCc1ccccc1NCc1cccc(N)c1. The normalized spacial score (nSPS) is 10.2. The Kier molecular flexibility index (Phi) is 3.66. The van der Waals surface area contributed by atoms with Gasteiger partial charge in [-0.2, -0.15) is 0 Å². The number of nitrogens with one attached hydrogen (secondary N) is 1. The van der Waals surface area contributed by atoms with Gasteiger partial charge in [0.15, 0.2) is 0 Å². The number of anilines is 2. The number of para-hydroxylation sites is 1. The van der Waals surface area contributed by atoms with E-state index in [1.54, 1.807) is 0 Å². The summed E-state index contributed by atoms with van der Waals surface area (Å²) < 4.78 is 0. The van der Waals surface area contributed by atoms with Crippen LogP contribution in [0.4, 0.5) is 11.4 Å². The lowest BCUT2D eigenvalue weighted by molar-refractivity contribution is 1.09. The maximum absolute atomic E-state index is 5.76. The largest absolute Gasteiger partial charge is 0.399 e. The summed E-state index contributed by atoms with van der Waals surface area (Å²) in [6.07, 6.45) is 1.04. The van der Waals surface area contributed by atoms with E-state index in [9.17, 15) is 0 Å². The molecule has 0 atom stereocenters. The summed E-state index contributed by atoms with van der Waals surface area (Å²) in [6.45, 7) is 2.98. The Morgan fingerprint density at radius 3 is 2.65 bits per heavy atom. The standard InChI is InChI=1S/C15H18N2/c1-2-13-7-3-4-9-15(13)17-11-12-6-5-8-14(16)10-12/h3-10,17H,2,11,16H2,1H3. The zero-order valence-electron chi connectivity index (χ0n) is 10.1. The molecule has 0 spiro atoms. The first kappa shape index (κ1) is 11.5. The highest BCUT2D eigenvalue weighted by molar-refractivity contribution is 5.52. The van der Waals surface area contributed by atoms with Gasteiger partial charge in [-0.25, -0.2) is 0 Å². The van der Waals surface area contributed by atoms with Crippen LogP contribution in [0.1, 0.15) is 18.1 Å². The molecule has 17 heavy (non-hydrogen) atoms.